The summed E-state index contributed by atoms with van der Waals surface area (Å²) in [4.78, 5) is 0. The predicted molar refractivity (Wildman–Crippen MR) is 76.2 cm³/mol. The van der Waals surface area contributed by atoms with Crippen LogP contribution in [0.3, 0.4) is 0 Å². The first-order chi connectivity index (χ1) is 7.68. The Hall–Kier alpha value is 0.0649. The van der Waals surface area contributed by atoms with E-state index in [1.807, 2.05) is 0 Å². The van der Waals surface area contributed by atoms with Gasteiger partial charge in [-0.2, -0.15) is 0 Å². The molecule has 0 aliphatic heterocycles. The summed E-state index contributed by atoms with van der Waals surface area (Å²) < 4.78 is 0. The topological polar surface area (TPSA) is 0 Å². The molecule has 0 aromatic heterocycles. The van der Waals surface area contributed by atoms with Crippen LogP contribution in [-0.2, 0) is 0 Å². The summed E-state index contributed by atoms with van der Waals surface area (Å²) in [6.07, 6.45) is 14.5. The monoisotopic (exact) mass is 222 g/mol. The molecule has 1 atom stereocenters. The Balaban J connectivity index is 3.73. The molecule has 94 valence electrons. The average molecular weight is 222 g/mol. The largest absolute Gasteiger partial charge is 0.0882 e. The highest BCUT2D eigenvalue weighted by atomic mass is 14.3. The van der Waals surface area contributed by atoms with Crippen molar-refractivity contribution < 1.29 is 0 Å². The van der Waals surface area contributed by atoms with Gasteiger partial charge in [-0.1, -0.05) is 78.5 Å². The van der Waals surface area contributed by atoms with Crippen LogP contribution in [0, 0.1) is 5.41 Å². The molecule has 0 aliphatic carbocycles. The molecule has 0 rings (SSSR count). The third kappa shape index (κ3) is 8.24. The third-order valence-corrected chi connectivity index (χ3v) is 3.77. The van der Waals surface area contributed by atoms with Gasteiger partial charge in [0.1, 0.15) is 0 Å². The summed E-state index contributed by atoms with van der Waals surface area (Å²) in [5.74, 6) is 0. The Morgan fingerprint density at radius 1 is 0.750 bits per heavy atom. The van der Waals surface area contributed by atoms with E-state index in [0.717, 1.165) is 6.32 Å². The van der Waals surface area contributed by atoms with Crippen molar-refractivity contribution in [1.29, 1.82) is 0 Å². The minimum absolute atomic E-state index is 0.525. The van der Waals surface area contributed by atoms with Crippen LogP contribution in [0.1, 0.15) is 85.0 Å². The highest BCUT2D eigenvalue weighted by Gasteiger charge is 2.21. The summed E-state index contributed by atoms with van der Waals surface area (Å²) in [5.41, 5.74) is 0.525. The molecular weight excluding hydrogens is 191 g/mol. The summed E-state index contributed by atoms with van der Waals surface area (Å²) in [6, 6.07) is 0. The summed E-state index contributed by atoms with van der Waals surface area (Å²) >= 11 is 0. The quantitative estimate of drug-likeness (QED) is 0.319. The van der Waals surface area contributed by atoms with E-state index in [1.165, 1.54) is 64.2 Å². The van der Waals surface area contributed by atoms with Crippen molar-refractivity contribution in [2.24, 2.45) is 5.41 Å². The number of hydrogen-bond acceptors (Lipinski definition) is 0. The first kappa shape index (κ1) is 16.1. The van der Waals surface area contributed by atoms with Crippen LogP contribution in [0.25, 0.3) is 0 Å². The Kier molecular flexibility index (Phi) is 10.3. The molecule has 0 saturated heterocycles. The molecule has 0 fully saturated rings. The second-order valence-electron chi connectivity index (χ2n) is 5.62. The van der Waals surface area contributed by atoms with Crippen LogP contribution in [-0.4, -0.2) is 7.85 Å². The molecule has 0 aromatic carbocycles. The van der Waals surface area contributed by atoms with Gasteiger partial charge in [0.05, 0.1) is 7.85 Å². The normalized spacial score (nSPS) is 14.9. The van der Waals surface area contributed by atoms with E-state index < -0.39 is 0 Å². The maximum Gasteiger partial charge on any atom is 0.0653 e. The van der Waals surface area contributed by atoms with E-state index in [0.29, 0.717) is 5.41 Å². The van der Waals surface area contributed by atoms with Gasteiger partial charge in [0.15, 0.2) is 0 Å². The second kappa shape index (κ2) is 10.2. The molecule has 0 aliphatic rings. The van der Waals surface area contributed by atoms with Crippen LogP contribution in [0.15, 0.2) is 0 Å². The highest BCUT2D eigenvalue weighted by Crippen LogP contribution is 2.35. The van der Waals surface area contributed by atoms with Gasteiger partial charge >= 0.3 is 0 Å². The van der Waals surface area contributed by atoms with E-state index >= 15 is 0 Å². The van der Waals surface area contributed by atoms with Gasteiger partial charge < -0.3 is 0 Å². The Labute approximate surface area is 105 Å². The molecule has 0 bridgehead atoms. The van der Waals surface area contributed by atoms with Gasteiger partial charge in [0.2, 0.25) is 0 Å². The molecule has 0 heterocycles. The summed E-state index contributed by atoms with van der Waals surface area (Å²) in [6.45, 7) is 7.00. The van der Waals surface area contributed by atoms with Crippen molar-refractivity contribution in [3.63, 3.8) is 0 Å². The number of hydrogen-bond donors (Lipinski definition) is 0. The molecular formula is C15H31B. The fraction of sp³-hybridized carbons (Fsp3) is 1.00. The van der Waals surface area contributed by atoms with E-state index in [-0.39, 0.29) is 0 Å². The molecule has 1 heteroatoms. The van der Waals surface area contributed by atoms with E-state index in [9.17, 15) is 0 Å². The van der Waals surface area contributed by atoms with Crippen molar-refractivity contribution in [3.05, 3.63) is 0 Å². The highest BCUT2D eigenvalue weighted by molar-refractivity contribution is 6.08. The van der Waals surface area contributed by atoms with Crippen LogP contribution in [0.4, 0.5) is 0 Å². The Morgan fingerprint density at radius 2 is 1.31 bits per heavy atom. The molecule has 0 amide bonds. The van der Waals surface area contributed by atoms with E-state index in [1.54, 1.807) is 0 Å². The lowest BCUT2D eigenvalue weighted by molar-refractivity contribution is 0.243. The molecule has 0 saturated carbocycles. The van der Waals surface area contributed by atoms with Gasteiger partial charge in [-0.3, -0.25) is 0 Å². The standard InChI is InChI=1S/C15H31B/c1-4-6-8-9-10-12-15(3,13-14-16)11-7-5-2/h4-14H2,1-3H3. The van der Waals surface area contributed by atoms with Gasteiger partial charge in [-0.15, -0.1) is 0 Å². The lowest BCUT2D eigenvalue weighted by Crippen LogP contribution is -2.16. The van der Waals surface area contributed by atoms with Gasteiger partial charge in [-0.05, 0) is 18.3 Å². The lowest BCUT2D eigenvalue weighted by atomic mass is 9.74. The zero-order valence-corrected chi connectivity index (χ0v) is 11.9. The second-order valence-corrected chi connectivity index (χ2v) is 5.62. The van der Waals surface area contributed by atoms with Crippen molar-refractivity contribution in [2.75, 3.05) is 0 Å². The molecule has 2 radical (unpaired) electrons. The lowest BCUT2D eigenvalue weighted by Gasteiger charge is -2.29. The maximum atomic E-state index is 5.74. The number of unbranched alkanes of at least 4 members (excludes halogenated alkanes) is 5. The summed E-state index contributed by atoms with van der Waals surface area (Å²) in [5, 5.41) is 0. The molecule has 0 nitrogen and oxygen atoms in total. The molecule has 1 unspecified atom stereocenters. The molecule has 16 heavy (non-hydrogen) atoms. The SMILES string of the molecule is [B]CCC(C)(CCCC)CCCCCCC. The van der Waals surface area contributed by atoms with Gasteiger partial charge in [0, 0.05) is 0 Å². The van der Waals surface area contributed by atoms with Crippen LogP contribution < -0.4 is 0 Å². The fourth-order valence-electron chi connectivity index (χ4n) is 2.48. The minimum atomic E-state index is 0.525. The smallest absolute Gasteiger partial charge is 0.0653 e. The minimum Gasteiger partial charge on any atom is -0.0882 e. The zero-order chi connectivity index (χ0) is 12.3. The van der Waals surface area contributed by atoms with Crippen molar-refractivity contribution in [3.8, 4) is 0 Å². The molecule has 0 spiro atoms. The first-order valence-corrected chi connectivity index (χ1v) is 7.38. The van der Waals surface area contributed by atoms with Gasteiger partial charge in [-0.25, -0.2) is 0 Å². The Morgan fingerprint density at radius 3 is 1.88 bits per heavy atom. The fourth-order valence-corrected chi connectivity index (χ4v) is 2.48. The maximum absolute atomic E-state index is 5.74. The summed E-state index contributed by atoms with van der Waals surface area (Å²) in [7, 11) is 5.74. The molecule has 0 aromatic rings. The van der Waals surface area contributed by atoms with Crippen molar-refractivity contribution in [1.82, 2.24) is 0 Å². The van der Waals surface area contributed by atoms with Crippen LogP contribution in [0.2, 0.25) is 6.32 Å². The van der Waals surface area contributed by atoms with Crippen LogP contribution >= 0.6 is 0 Å². The molecule has 0 N–H and O–H groups in total. The number of rotatable bonds is 11. The van der Waals surface area contributed by atoms with Crippen LogP contribution in [0.5, 0.6) is 0 Å². The van der Waals surface area contributed by atoms with Crippen molar-refractivity contribution in [2.45, 2.75) is 91.3 Å². The third-order valence-electron chi connectivity index (χ3n) is 3.77. The predicted octanol–water partition coefficient (Wildman–Crippen LogP) is 5.52. The van der Waals surface area contributed by atoms with E-state index in [4.69, 9.17) is 7.85 Å². The van der Waals surface area contributed by atoms with Crippen molar-refractivity contribution >= 4 is 7.85 Å². The Bertz CT molecular complexity index is 144. The van der Waals surface area contributed by atoms with Gasteiger partial charge in [0.25, 0.3) is 0 Å². The van der Waals surface area contributed by atoms with E-state index in [2.05, 4.69) is 20.8 Å². The average Bonchev–Trinajstić information content (AvgIpc) is 2.27. The first-order valence-electron chi connectivity index (χ1n) is 7.38. The zero-order valence-electron chi connectivity index (χ0n) is 11.9.